The molecule has 1 amide bonds. The predicted octanol–water partition coefficient (Wildman–Crippen LogP) is 3.18. The lowest BCUT2D eigenvalue weighted by molar-refractivity contribution is -0.554. The standard InChI is InChI=1S/C25H25ClN4O5/c1-14-20(9-10-21-23(14)30(35)29-28-21)24(32)27-19(13-22(31)25(33)34)11-15-5-7-16(8-6-15)17-3-2-4-18(26)12-17/h2-10,12,14,19,22-23,28,31H,11,13H2,1H3,(H,27,32)(H,33,34). The Morgan fingerprint density at radius 2 is 1.94 bits per heavy atom. The van der Waals surface area contributed by atoms with Crippen molar-refractivity contribution in [3.63, 3.8) is 0 Å². The van der Waals surface area contributed by atoms with E-state index in [1.807, 2.05) is 42.5 Å². The van der Waals surface area contributed by atoms with Gasteiger partial charge in [-0.05, 0) is 47.4 Å². The van der Waals surface area contributed by atoms with Crippen molar-refractivity contribution in [2.45, 2.75) is 38.0 Å². The number of hydrogen-bond donors (Lipinski definition) is 4. The second kappa shape index (κ2) is 10.3. The molecule has 9 nitrogen and oxygen atoms in total. The van der Waals surface area contributed by atoms with Crippen molar-refractivity contribution in [3.05, 3.63) is 87.7 Å². The van der Waals surface area contributed by atoms with E-state index in [9.17, 15) is 25.0 Å². The van der Waals surface area contributed by atoms with E-state index < -0.39 is 36.0 Å². The van der Waals surface area contributed by atoms with Crippen LogP contribution in [0.2, 0.25) is 5.02 Å². The summed E-state index contributed by atoms with van der Waals surface area (Å²) in [6, 6.07) is 13.8. The van der Waals surface area contributed by atoms with Crippen LogP contribution in [0.5, 0.6) is 0 Å². The van der Waals surface area contributed by atoms with Gasteiger partial charge in [0.05, 0.1) is 5.22 Å². The van der Waals surface area contributed by atoms with Gasteiger partial charge in [0.15, 0.2) is 17.8 Å². The molecule has 0 saturated carbocycles. The van der Waals surface area contributed by atoms with E-state index in [0.29, 0.717) is 27.6 Å². The fraction of sp³-hybridized carbons (Fsp3) is 0.280. The molecule has 1 aliphatic carbocycles. The molecule has 0 aromatic heterocycles. The van der Waals surface area contributed by atoms with Gasteiger partial charge in [0.25, 0.3) is 0 Å². The van der Waals surface area contributed by atoms with E-state index in [0.717, 1.165) is 16.7 Å². The Morgan fingerprint density at radius 3 is 2.63 bits per heavy atom. The van der Waals surface area contributed by atoms with Gasteiger partial charge in [0.2, 0.25) is 5.91 Å². The number of aliphatic hydroxyl groups excluding tert-OH is 1. The zero-order valence-corrected chi connectivity index (χ0v) is 19.6. The van der Waals surface area contributed by atoms with Crippen molar-refractivity contribution in [3.8, 4) is 11.1 Å². The number of amides is 1. The topological polar surface area (TPSA) is 137 Å². The molecular formula is C25H25ClN4O5. The number of carboxylic acid groups (broad SMARTS) is 1. The number of fused-ring (bicyclic) bond motifs is 1. The third-order valence-corrected chi connectivity index (χ3v) is 6.46. The van der Waals surface area contributed by atoms with Gasteiger partial charge in [-0.2, -0.15) is 4.86 Å². The Bertz CT molecular complexity index is 1220. The lowest BCUT2D eigenvalue weighted by atomic mass is 9.86. The molecule has 2 aliphatic rings. The number of allylic oxidation sites excluding steroid dienone is 2. The zero-order chi connectivity index (χ0) is 25.1. The molecule has 1 aliphatic heterocycles. The van der Waals surface area contributed by atoms with E-state index in [2.05, 4.69) is 16.0 Å². The highest BCUT2D eigenvalue weighted by Crippen LogP contribution is 2.30. The molecule has 0 saturated heterocycles. The van der Waals surface area contributed by atoms with Crippen molar-refractivity contribution in [2.24, 2.45) is 11.1 Å². The number of rotatable bonds is 8. The fourth-order valence-corrected chi connectivity index (χ4v) is 4.54. The number of aliphatic hydroxyl groups is 1. The van der Waals surface area contributed by atoms with E-state index in [-0.39, 0.29) is 6.42 Å². The van der Waals surface area contributed by atoms with Gasteiger partial charge >= 0.3 is 5.97 Å². The molecule has 2 aromatic carbocycles. The SMILES string of the molecule is CC1C(C(=O)NC(Cc2ccc(-c3cccc(Cl)c3)cc2)CC(O)C(=O)O)=CC=C2NN=[N+]([O-])C21. The van der Waals surface area contributed by atoms with Crippen LogP contribution in [0.1, 0.15) is 18.9 Å². The van der Waals surface area contributed by atoms with Gasteiger partial charge in [-0.15, -0.1) is 5.43 Å². The molecule has 4 rings (SSSR count). The maximum absolute atomic E-state index is 13.1. The van der Waals surface area contributed by atoms with Crippen LogP contribution in [0.15, 0.2) is 77.2 Å². The van der Waals surface area contributed by atoms with Gasteiger partial charge in [-0.1, -0.05) is 54.9 Å². The van der Waals surface area contributed by atoms with E-state index in [4.69, 9.17) is 11.6 Å². The summed E-state index contributed by atoms with van der Waals surface area (Å²) in [5.74, 6) is -2.22. The summed E-state index contributed by atoms with van der Waals surface area (Å²) >= 11 is 6.08. The van der Waals surface area contributed by atoms with Crippen LogP contribution < -0.4 is 10.7 Å². The molecule has 4 unspecified atom stereocenters. The Kier molecular flexibility index (Phi) is 7.18. The van der Waals surface area contributed by atoms with Crippen LogP contribution in [0.3, 0.4) is 0 Å². The lowest BCUT2D eigenvalue weighted by Gasteiger charge is -2.26. The van der Waals surface area contributed by atoms with E-state index in [1.165, 1.54) is 0 Å². The summed E-state index contributed by atoms with van der Waals surface area (Å²) in [5, 5.41) is 38.3. The van der Waals surface area contributed by atoms with Crippen molar-refractivity contribution in [1.29, 1.82) is 0 Å². The van der Waals surface area contributed by atoms with Crippen LogP contribution in [0.4, 0.5) is 0 Å². The average molecular weight is 497 g/mol. The maximum Gasteiger partial charge on any atom is 0.332 e. The number of carbonyl (C=O) groups excluding carboxylic acids is 1. The Balaban J connectivity index is 1.50. The first-order valence-corrected chi connectivity index (χ1v) is 11.5. The largest absolute Gasteiger partial charge is 0.695 e. The molecule has 2 aromatic rings. The first kappa shape index (κ1) is 24.4. The van der Waals surface area contributed by atoms with Crippen molar-refractivity contribution in [2.75, 3.05) is 0 Å². The predicted molar refractivity (Wildman–Crippen MR) is 129 cm³/mol. The molecule has 0 spiro atoms. The number of nitrogens with zero attached hydrogens (tertiary/aromatic N) is 2. The summed E-state index contributed by atoms with van der Waals surface area (Å²) in [4.78, 5) is 24.9. The molecule has 4 N–H and O–H groups in total. The number of carbonyl (C=O) groups is 2. The highest BCUT2D eigenvalue weighted by molar-refractivity contribution is 6.30. The molecule has 0 bridgehead atoms. The first-order valence-electron chi connectivity index (χ1n) is 11.1. The molecule has 35 heavy (non-hydrogen) atoms. The molecular weight excluding hydrogens is 472 g/mol. The smallest absolute Gasteiger partial charge is 0.332 e. The normalized spacial score (nSPS) is 20.5. The summed E-state index contributed by atoms with van der Waals surface area (Å²) in [7, 11) is 0. The van der Waals surface area contributed by atoms with Crippen LogP contribution >= 0.6 is 11.6 Å². The number of halogens is 1. The zero-order valence-electron chi connectivity index (χ0n) is 18.9. The molecule has 0 fully saturated rings. The van der Waals surface area contributed by atoms with Gasteiger partial charge < -0.3 is 20.7 Å². The van der Waals surface area contributed by atoms with Gasteiger partial charge in [0, 0.05) is 29.0 Å². The van der Waals surface area contributed by atoms with Gasteiger partial charge in [-0.3, -0.25) is 4.79 Å². The third-order valence-electron chi connectivity index (χ3n) is 6.23. The Hall–Kier alpha value is -3.69. The minimum absolute atomic E-state index is 0.173. The highest BCUT2D eigenvalue weighted by Gasteiger charge is 2.40. The quantitative estimate of drug-likeness (QED) is 0.327. The summed E-state index contributed by atoms with van der Waals surface area (Å²) in [6.45, 7) is 1.76. The minimum Gasteiger partial charge on any atom is -0.695 e. The number of hydroxylamine groups is 1. The molecule has 1 heterocycles. The average Bonchev–Trinajstić information content (AvgIpc) is 3.21. The van der Waals surface area contributed by atoms with Gasteiger partial charge in [-0.25, -0.2) is 4.79 Å². The molecule has 4 atom stereocenters. The second-order valence-electron chi connectivity index (χ2n) is 8.66. The monoisotopic (exact) mass is 496 g/mol. The maximum atomic E-state index is 13.1. The number of aliphatic carboxylic acids is 1. The number of hydrogen-bond acceptors (Lipinski definition) is 6. The van der Waals surface area contributed by atoms with Crippen LogP contribution in [0.25, 0.3) is 11.1 Å². The van der Waals surface area contributed by atoms with Crippen LogP contribution in [-0.4, -0.2) is 45.1 Å². The Labute approximate surface area is 207 Å². The Morgan fingerprint density at radius 1 is 1.20 bits per heavy atom. The lowest BCUT2D eigenvalue weighted by Crippen LogP contribution is -2.44. The van der Waals surface area contributed by atoms with Crippen LogP contribution in [-0.2, 0) is 16.0 Å². The van der Waals surface area contributed by atoms with Gasteiger partial charge in [0.1, 0.15) is 0 Å². The second-order valence-corrected chi connectivity index (χ2v) is 9.10. The molecule has 0 radical (unpaired) electrons. The number of benzene rings is 2. The fourth-order valence-electron chi connectivity index (χ4n) is 4.35. The highest BCUT2D eigenvalue weighted by atomic mass is 35.5. The summed E-state index contributed by atoms with van der Waals surface area (Å²) < 4.78 is 0. The van der Waals surface area contributed by atoms with E-state index >= 15 is 0 Å². The van der Waals surface area contributed by atoms with Crippen molar-refractivity contribution < 1.29 is 24.7 Å². The van der Waals surface area contributed by atoms with Crippen LogP contribution in [0, 0.1) is 11.1 Å². The number of nitrogens with one attached hydrogen (secondary N) is 2. The molecule has 182 valence electrons. The number of carboxylic acids is 1. The first-order chi connectivity index (χ1) is 16.7. The van der Waals surface area contributed by atoms with Crippen molar-refractivity contribution >= 4 is 23.5 Å². The molecule has 10 heteroatoms. The minimum atomic E-state index is -1.63. The summed E-state index contributed by atoms with van der Waals surface area (Å²) in [6.07, 6.45) is 1.76. The van der Waals surface area contributed by atoms with Crippen molar-refractivity contribution in [1.82, 2.24) is 10.7 Å². The van der Waals surface area contributed by atoms with E-state index in [1.54, 1.807) is 25.1 Å². The third kappa shape index (κ3) is 5.52. The summed E-state index contributed by atoms with van der Waals surface area (Å²) in [5.41, 5.74) is 6.42.